The average molecular weight is 369 g/mol. The normalized spacial score (nSPS) is 11.1. The molecule has 2 aromatic carbocycles. The van der Waals surface area contributed by atoms with Crippen LogP contribution in [-0.4, -0.2) is 31.3 Å². The number of nitrogens with zero attached hydrogens (tertiary/aromatic N) is 1. The molecule has 0 saturated carbocycles. The highest BCUT2D eigenvalue weighted by Gasteiger charge is 2.14. The van der Waals surface area contributed by atoms with Crippen molar-refractivity contribution in [2.24, 2.45) is 0 Å². The number of phenolic OH excluding ortho intramolecular Hbond substituents is 1. The van der Waals surface area contributed by atoms with Gasteiger partial charge >= 0.3 is 5.63 Å². The fourth-order valence-electron chi connectivity index (χ4n) is 3.17. The summed E-state index contributed by atoms with van der Waals surface area (Å²) >= 11 is 0. The molecular weight excluding hydrogens is 346 g/mol. The minimum atomic E-state index is -0.429. The number of hydrogen-bond acceptors (Lipinski definition) is 6. The van der Waals surface area contributed by atoms with Gasteiger partial charge in [0.1, 0.15) is 22.8 Å². The van der Waals surface area contributed by atoms with Crippen molar-refractivity contribution >= 4 is 11.0 Å². The Kier molecular flexibility index (Phi) is 5.37. The van der Waals surface area contributed by atoms with Gasteiger partial charge in [-0.25, -0.2) is 4.79 Å². The summed E-state index contributed by atoms with van der Waals surface area (Å²) in [6, 6.07) is 10.6. The smallest absolute Gasteiger partial charge is 0.336 e. The fraction of sp³-hybridized carbons (Fsp3) is 0.286. The van der Waals surface area contributed by atoms with Crippen molar-refractivity contribution in [3.63, 3.8) is 0 Å². The number of ether oxygens (including phenoxy) is 2. The summed E-state index contributed by atoms with van der Waals surface area (Å²) in [5, 5.41) is 10.7. The van der Waals surface area contributed by atoms with E-state index < -0.39 is 5.63 Å². The zero-order valence-electron chi connectivity index (χ0n) is 15.9. The molecule has 0 fully saturated rings. The molecule has 1 N–H and O–H groups in total. The van der Waals surface area contributed by atoms with Gasteiger partial charge in [0.25, 0.3) is 0 Å². The molecule has 142 valence electrons. The number of phenols is 1. The Morgan fingerprint density at radius 2 is 1.78 bits per heavy atom. The maximum absolute atomic E-state index is 12.0. The molecule has 0 aliphatic rings. The molecule has 0 aliphatic carbocycles. The van der Waals surface area contributed by atoms with Crippen LogP contribution in [0.2, 0.25) is 0 Å². The zero-order chi connectivity index (χ0) is 19.6. The SMILES string of the molecule is COc1ccc(CN(C)Cc2cc(=O)oc3c(C)c(O)ccc23)c(OC)c1. The van der Waals surface area contributed by atoms with Crippen molar-refractivity contribution in [2.75, 3.05) is 21.3 Å². The summed E-state index contributed by atoms with van der Waals surface area (Å²) in [6.45, 7) is 2.91. The van der Waals surface area contributed by atoms with E-state index in [2.05, 4.69) is 4.90 Å². The third-order valence-corrected chi connectivity index (χ3v) is 4.59. The Morgan fingerprint density at radius 1 is 1.04 bits per heavy atom. The maximum atomic E-state index is 12.0. The van der Waals surface area contributed by atoms with Crippen molar-refractivity contribution in [1.29, 1.82) is 0 Å². The van der Waals surface area contributed by atoms with E-state index in [-0.39, 0.29) is 5.75 Å². The summed E-state index contributed by atoms with van der Waals surface area (Å²) in [5.41, 5.74) is 2.42. The van der Waals surface area contributed by atoms with Gasteiger partial charge in [-0.2, -0.15) is 0 Å². The molecule has 0 amide bonds. The molecular formula is C21H23NO5. The third-order valence-electron chi connectivity index (χ3n) is 4.59. The van der Waals surface area contributed by atoms with Gasteiger partial charge in [0.15, 0.2) is 0 Å². The predicted octanol–water partition coefficient (Wildman–Crippen LogP) is 3.46. The Morgan fingerprint density at radius 3 is 2.48 bits per heavy atom. The lowest BCUT2D eigenvalue weighted by Crippen LogP contribution is -2.19. The van der Waals surface area contributed by atoms with Gasteiger partial charge in [-0.1, -0.05) is 6.07 Å². The topological polar surface area (TPSA) is 72.1 Å². The van der Waals surface area contributed by atoms with Crippen LogP contribution >= 0.6 is 0 Å². The summed E-state index contributed by atoms with van der Waals surface area (Å²) in [6.07, 6.45) is 0. The first-order valence-electron chi connectivity index (χ1n) is 8.57. The van der Waals surface area contributed by atoms with E-state index in [0.29, 0.717) is 24.2 Å². The molecule has 1 aromatic heterocycles. The first kappa shape index (κ1) is 18.8. The van der Waals surface area contributed by atoms with Crippen molar-refractivity contribution < 1.29 is 19.0 Å². The van der Waals surface area contributed by atoms with Crippen LogP contribution < -0.4 is 15.1 Å². The number of methoxy groups -OCH3 is 2. The monoisotopic (exact) mass is 369 g/mol. The summed E-state index contributed by atoms with van der Waals surface area (Å²) in [4.78, 5) is 14.1. The lowest BCUT2D eigenvalue weighted by molar-refractivity contribution is 0.309. The molecule has 6 nitrogen and oxygen atoms in total. The highest BCUT2D eigenvalue weighted by Crippen LogP contribution is 2.29. The molecule has 0 atom stereocenters. The average Bonchev–Trinajstić information content (AvgIpc) is 2.65. The van der Waals surface area contributed by atoms with Crippen LogP contribution in [0, 0.1) is 6.92 Å². The summed E-state index contributed by atoms with van der Waals surface area (Å²) in [5.74, 6) is 1.60. The molecule has 27 heavy (non-hydrogen) atoms. The van der Waals surface area contributed by atoms with Crippen molar-refractivity contribution in [2.45, 2.75) is 20.0 Å². The van der Waals surface area contributed by atoms with Gasteiger partial charge < -0.3 is 19.0 Å². The first-order chi connectivity index (χ1) is 12.9. The molecule has 1 heterocycles. The lowest BCUT2D eigenvalue weighted by atomic mass is 10.1. The summed E-state index contributed by atoms with van der Waals surface area (Å²) < 4.78 is 16.0. The van der Waals surface area contributed by atoms with Gasteiger partial charge in [-0.15, -0.1) is 0 Å². The van der Waals surface area contributed by atoms with Crippen LogP contribution in [0.5, 0.6) is 17.2 Å². The van der Waals surface area contributed by atoms with Gasteiger partial charge in [-0.3, -0.25) is 4.90 Å². The molecule has 3 aromatic rings. The van der Waals surface area contributed by atoms with E-state index in [0.717, 1.165) is 28.0 Å². The van der Waals surface area contributed by atoms with Crippen LogP contribution in [0.25, 0.3) is 11.0 Å². The van der Waals surface area contributed by atoms with E-state index in [1.807, 2.05) is 25.2 Å². The largest absolute Gasteiger partial charge is 0.508 e. The Hall–Kier alpha value is -2.99. The van der Waals surface area contributed by atoms with Gasteiger partial charge in [0, 0.05) is 41.7 Å². The number of fused-ring (bicyclic) bond motifs is 1. The Bertz CT molecular complexity index is 1020. The van der Waals surface area contributed by atoms with Crippen LogP contribution in [0.3, 0.4) is 0 Å². The molecule has 0 unspecified atom stereocenters. The molecule has 0 bridgehead atoms. The third kappa shape index (κ3) is 3.90. The highest BCUT2D eigenvalue weighted by atomic mass is 16.5. The quantitative estimate of drug-likeness (QED) is 0.671. The number of hydrogen-bond donors (Lipinski definition) is 1. The second kappa shape index (κ2) is 7.72. The molecule has 0 saturated heterocycles. The van der Waals surface area contributed by atoms with Crippen LogP contribution in [0.15, 0.2) is 45.6 Å². The van der Waals surface area contributed by atoms with Crippen molar-refractivity contribution in [3.8, 4) is 17.2 Å². The number of benzene rings is 2. The van der Waals surface area contributed by atoms with Crippen LogP contribution in [0.1, 0.15) is 16.7 Å². The molecule has 3 rings (SSSR count). The van der Waals surface area contributed by atoms with Gasteiger partial charge in [0.2, 0.25) is 0 Å². The minimum absolute atomic E-state index is 0.110. The van der Waals surface area contributed by atoms with E-state index in [1.165, 1.54) is 6.07 Å². The Labute approximate surface area is 157 Å². The first-order valence-corrected chi connectivity index (χ1v) is 8.57. The molecule has 0 aliphatic heterocycles. The van der Waals surface area contributed by atoms with E-state index in [9.17, 15) is 9.90 Å². The predicted molar refractivity (Wildman–Crippen MR) is 104 cm³/mol. The summed E-state index contributed by atoms with van der Waals surface area (Å²) in [7, 11) is 5.22. The minimum Gasteiger partial charge on any atom is -0.508 e. The van der Waals surface area contributed by atoms with Crippen molar-refractivity contribution in [1.82, 2.24) is 4.90 Å². The maximum Gasteiger partial charge on any atom is 0.336 e. The van der Waals surface area contributed by atoms with Crippen molar-refractivity contribution in [3.05, 3.63) is 63.5 Å². The fourth-order valence-corrected chi connectivity index (χ4v) is 3.17. The number of aromatic hydroxyl groups is 1. The van der Waals surface area contributed by atoms with E-state index in [1.54, 1.807) is 33.3 Å². The van der Waals surface area contributed by atoms with Gasteiger partial charge in [-0.05, 0) is 37.7 Å². The Balaban J connectivity index is 1.90. The van der Waals surface area contributed by atoms with E-state index in [4.69, 9.17) is 13.9 Å². The number of rotatable bonds is 6. The lowest BCUT2D eigenvalue weighted by Gasteiger charge is -2.20. The second-order valence-corrected chi connectivity index (χ2v) is 6.53. The zero-order valence-corrected chi connectivity index (χ0v) is 15.9. The second-order valence-electron chi connectivity index (χ2n) is 6.53. The number of aryl methyl sites for hydroxylation is 1. The van der Waals surface area contributed by atoms with E-state index >= 15 is 0 Å². The molecule has 0 radical (unpaired) electrons. The van der Waals surface area contributed by atoms with Crippen LogP contribution in [-0.2, 0) is 13.1 Å². The molecule has 0 spiro atoms. The van der Waals surface area contributed by atoms with Crippen LogP contribution in [0.4, 0.5) is 0 Å². The molecule has 6 heteroatoms. The standard InChI is InChI=1S/C21H23NO5/c1-13-18(23)8-7-17-15(9-20(24)27-21(13)17)12-22(2)11-14-5-6-16(25-3)10-19(14)26-4/h5-10,23H,11-12H2,1-4H3. The highest BCUT2D eigenvalue weighted by molar-refractivity contribution is 5.84. The van der Waals surface area contributed by atoms with Gasteiger partial charge in [0.05, 0.1) is 14.2 Å².